The van der Waals surface area contributed by atoms with Crippen molar-refractivity contribution in [3.63, 3.8) is 0 Å². The highest BCUT2D eigenvalue weighted by molar-refractivity contribution is 6.84. The van der Waals surface area contributed by atoms with Crippen LogP contribution in [0, 0.1) is 22.9 Å². The van der Waals surface area contributed by atoms with Crippen LogP contribution in [-0.4, -0.2) is 25.9 Å². The topological polar surface area (TPSA) is 34.9 Å². The Kier molecular flexibility index (Phi) is 5.52. The second-order valence-corrected chi connectivity index (χ2v) is 17.5. The summed E-state index contributed by atoms with van der Waals surface area (Å²) < 4.78 is 1.40. The van der Waals surface area contributed by atoms with E-state index >= 15 is 0 Å². The lowest BCUT2D eigenvalue weighted by atomic mass is 10.2. The van der Waals surface area contributed by atoms with Gasteiger partial charge in [-0.1, -0.05) is 69.3 Å². The van der Waals surface area contributed by atoms with E-state index in [2.05, 4.69) is 67.3 Å². The van der Waals surface area contributed by atoms with Crippen molar-refractivity contribution in [2.24, 2.45) is 0 Å². The summed E-state index contributed by atoms with van der Waals surface area (Å²) in [5.41, 5.74) is 8.19. The summed E-state index contributed by atoms with van der Waals surface area (Å²) in [6, 6.07) is 9.40. The van der Waals surface area contributed by atoms with Crippen LogP contribution in [0.4, 0.5) is 0 Å². The fraction of sp³-hybridized carbons (Fsp3) is 0.300. The molecule has 0 atom stereocenters. The van der Waals surface area contributed by atoms with Crippen LogP contribution >= 0.6 is 0 Å². The molecule has 5 heteroatoms. The molecule has 128 valence electrons. The summed E-state index contributed by atoms with van der Waals surface area (Å²) in [5, 5.41) is 4.31. The monoisotopic (exact) mass is 364 g/mol. The van der Waals surface area contributed by atoms with Gasteiger partial charge in [0.25, 0.3) is 5.56 Å². The first-order valence-electron chi connectivity index (χ1n) is 8.31. The molecule has 0 amide bonds. The van der Waals surface area contributed by atoms with Gasteiger partial charge in [0.2, 0.25) is 0 Å². The van der Waals surface area contributed by atoms with E-state index in [1.807, 2.05) is 30.3 Å². The van der Waals surface area contributed by atoms with E-state index in [4.69, 9.17) is 0 Å². The van der Waals surface area contributed by atoms with Gasteiger partial charge >= 0.3 is 0 Å². The van der Waals surface area contributed by atoms with Gasteiger partial charge in [-0.25, -0.2) is 0 Å². The lowest BCUT2D eigenvalue weighted by molar-refractivity contribution is 0.801. The molecule has 0 saturated carbocycles. The maximum absolute atomic E-state index is 13.0. The van der Waals surface area contributed by atoms with E-state index in [1.54, 1.807) is 6.20 Å². The first-order chi connectivity index (χ1) is 11.6. The molecule has 0 aliphatic carbocycles. The van der Waals surface area contributed by atoms with Crippen LogP contribution in [0.15, 0.2) is 41.3 Å². The Hall–Kier alpha value is -2.35. The van der Waals surface area contributed by atoms with Gasteiger partial charge < -0.3 is 0 Å². The van der Waals surface area contributed by atoms with Crippen molar-refractivity contribution in [3.8, 4) is 28.6 Å². The lowest BCUT2D eigenvalue weighted by Crippen LogP contribution is -2.25. The molecule has 0 N–H and O–H groups in total. The number of hydrogen-bond acceptors (Lipinski definition) is 2. The minimum absolute atomic E-state index is 0.209. The van der Waals surface area contributed by atoms with Gasteiger partial charge in [-0.05, 0) is 12.1 Å². The van der Waals surface area contributed by atoms with Gasteiger partial charge in [0.05, 0.1) is 17.4 Å². The molecule has 2 rings (SSSR count). The first-order valence-corrected chi connectivity index (χ1v) is 15.3. The molecule has 2 aromatic rings. The zero-order valence-electron chi connectivity index (χ0n) is 15.8. The number of para-hydroxylation sites is 1. The Morgan fingerprint density at radius 1 is 0.880 bits per heavy atom. The van der Waals surface area contributed by atoms with Crippen LogP contribution in [0.1, 0.15) is 11.1 Å². The summed E-state index contributed by atoms with van der Waals surface area (Å²) in [4.78, 5) is 13.0. The van der Waals surface area contributed by atoms with Crippen LogP contribution < -0.4 is 5.56 Å². The Bertz CT molecular complexity index is 941. The van der Waals surface area contributed by atoms with Crippen LogP contribution in [0.2, 0.25) is 39.3 Å². The molecule has 0 fully saturated rings. The first kappa shape index (κ1) is 19.0. The predicted octanol–water partition coefficient (Wildman–Crippen LogP) is 3.69. The zero-order chi connectivity index (χ0) is 18.7. The molecule has 3 nitrogen and oxygen atoms in total. The van der Waals surface area contributed by atoms with Gasteiger partial charge in [-0.15, -0.1) is 11.1 Å². The zero-order valence-corrected chi connectivity index (χ0v) is 17.8. The molecule has 0 bridgehead atoms. The third kappa shape index (κ3) is 5.60. The molecule has 0 aliphatic rings. The Balaban J connectivity index is 2.69. The third-order valence-corrected chi connectivity index (χ3v) is 4.86. The Morgan fingerprint density at radius 3 is 2.00 bits per heavy atom. The van der Waals surface area contributed by atoms with Crippen molar-refractivity contribution >= 4 is 16.1 Å². The van der Waals surface area contributed by atoms with Gasteiger partial charge in [0, 0.05) is 0 Å². The quantitative estimate of drug-likeness (QED) is 0.571. The van der Waals surface area contributed by atoms with Crippen molar-refractivity contribution in [2.45, 2.75) is 39.3 Å². The maximum Gasteiger partial charge on any atom is 0.288 e. The summed E-state index contributed by atoms with van der Waals surface area (Å²) in [5.74, 6) is 6.28. The predicted molar refractivity (Wildman–Crippen MR) is 110 cm³/mol. The fourth-order valence-corrected chi connectivity index (χ4v) is 2.94. The van der Waals surface area contributed by atoms with Crippen LogP contribution in [0.25, 0.3) is 5.69 Å². The summed E-state index contributed by atoms with van der Waals surface area (Å²) in [6.07, 6.45) is 1.66. The number of benzene rings is 1. The second-order valence-electron chi connectivity index (χ2n) is 7.99. The molecular weight excluding hydrogens is 340 g/mol. The largest absolute Gasteiger partial charge is 0.288 e. The Labute approximate surface area is 152 Å². The van der Waals surface area contributed by atoms with E-state index in [0.717, 1.165) is 5.69 Å². The van der Waals surface area contributed by atoms with Crippen LogP contribution in [0.3, 0.4) is 0 Å². The normalized spacial score (nSPS) is 11.1. The van der Waals surface area contributed by atoms with Crippen molar-refractivity contribution < 1.29 is 0 Å². The van der Waals surface area contributed by atoms with Crippen LogP contribution in [-0.2, 0) is 0 Å². The maximum atomic E-state index is 13.0. The summed E-state index contributed by atoms with van der Waals surface area (Å²) in [6.45, 7) is 13.0. The van der Waals surface area contributed by atoms with E-state index in [-0.39, 0.29) is 5.56 Å². The minimum atomic E-state index is -1.61. The molecule has 0 aliphatic heterocycles. The van der Waals surface area contributed by atoms with Gasteiger partial charge in [0.1, 0.15) is 21.7 Å². The SMILES string of the molecule is C[Si](C)(C)C#Cc1cnn(-c2ccccc2)c(=O)c1C#C[Si](C)(C)C. The molecule has 1 aromatic carbocycles. The third-order valence-electron chi connectivity index (χ3n) is 3.11. The summed E-state index contributed by atoms with van der Waals surface area (Å²) in [7, 11) is -3.17. The van der Waals surface area contributed by atoms with Gasteiger partial charge in [0.15, 0.2) is 0 Å². The van der Waals surface area contributed by atoms with E-state index in [9.17, 15) is 4.79 Å². The number of rotatable bonds is 1. The molecule has 1 aromatic heterocycles. The standard InChI is InChI=1S/C20H24N2OSi2/c1-24(2,3)14-12-17-16-21-22(18-10-8-7-9-11-18)20(23)19(17)13-15-25(4,5)6/h7-11,16H,1-6H3. The molecule has 0 unspecified atom stereocenters. The van der Waals surface area contributed by atoms with Crippen molar-refractivity contribution in [1.82, 2.24) is 9.78 Å². The molecule has 0 spiro atoms. The fourth-order valence-electron chi connectivity index (χ4n) is 1.93. The smallest absolute Gasteiger partial charge is 0.266 e. The average Bonchev–Trinajstić information content (AvgIpc) is 2.51. The molecular formula is C20H24N2OSi2. The molecule has 0 radical (unpaired) electrons. The molecule has 1 heterocycles. The highest BCUT2D eigenvalue weighted by Gasteiger charge is 2.13. The van der Waals surface area contributed by atoms with Crippen molar-refractivity contribution in [1.29, 1.82) is 0 Å². The Morgan fingerprint density at radius 2 is 1.44 bits per heavy atom. The number of hydrogen-bond donors (Lipinski definition) is 0. The highest BCUT2D eigenvalue weighted by Crippen LogP contribution is 2.07. The van der Waals surface area contributed by atoms with E-state index < -0.39 is 16.1 Å². The highest BCUT2D eigenvalue weighted by atomic mass is 28.3. The average molecular weight is 365 g/mol. The number of nitrogens with zero attached hydrogens (tertiary/aromatic N) is 2. The second kappa shape index (κ2) is 7.27. The minimum Gasteiger partial charge on any atom is -0.266 e. The molecule has 0 saturated heterocycles. The van der Waals surface area contributed by atoms with Crippen LogP contribution in [0.5, 0.6) is 0 Å². The van der Waals surface area contributed by atoms with E-state index in [1.165, 1.54) is 4.68 Å². The molecule has 25 heavy (non-hydrogen) atoms. The van der Waals surface area contributed by atoms with Gasteiger partial charge in [-0.3, -0.25) is 4.79 Å². The van der Waals surface area contributed by atoms with E-state index in [0.29, 0.717) is 11.1 Å². The summed E-state index contributed by atoms with van der Waals surface area (Å²) >= 11 is 0. The lowest BCUT2D eigenvalue weighted by Gasteiger charge is -2.08. The van der Waals surface area contributed by atoms with Crippen molar-refractivity contribution in [3.05, 3.63) is 58.0 Å². The van der Waals surface area contributed by atoms with Gasteiger partial charge in [-0.2, -0.15) is 9.78 Å². The number of aromatic nitrogens is 2. The van der Waals surface area contributed by atoms with Crippen molar-refractivity contribution in [2.75, 3.05) is 0 Å².